The van der Waals surface area contributed by atoms with Crippen LogP contribution in [0, 0.1) is 5.41 Å². The Balaban J connectivity index is 1.98. The van der Waals surface area contributed by atoms with Gasteiger partial charge in [-0.2, -0.15) is 0 Å². The molecule has 0 saturated carbocycles. The fourth-order valence-corrected chi connectivity index (χ4v) is 2.08. The van der Waals surface area contributed by atoms with E-state index >= 15 is 0 Å². The Hall–Kier alpha value is -0.0800. The quantitative estimate of drug-likeness (QED) is 0.658. The molecule has 0 unspecified atom stereocenters. The molecule has 0 amide bonds. The second-order valence-electron chi connectivity index (χ2n) is 5.29. The van der Waals surface area contributed by atoms with Crippen LogP contribution >= 0.6 is 0 Å². The summed E-state index contributed by atoms with van der Waals surface area (Å²) in [5, 5.41) is 3.50. The maximum Gasteiger partial charge on any atom is 0.0107 e. The monoisotopic (exact) mass is 198 g/mol. The van der Waals surface area contributed by atoms with E-state index in [9.17, 15) is 0 Å². The number of rotatable bonds is 6. The molecule has 0 aromatic heterocycles. The molecule has 0 radical (unpaired) electrons. The van der Waals surface area contributed by atoms with E-state index in [1.807, 2.05) is 0 Å². The van der Waals surface area contributed by atoms with Crippen molar-refractivity contribution in [2.24, 2.45) is 5.41 Å². The summed E-state index contributed by atoms with van der Waals surface area (Å²) in [7, 11) is 0. The molecule has 1 heterocycles. The standard InChI is InChI=1S/C12H26N2/c1-4-5-7-13-8-10-14-9-6-12(2,3)11-14/h13H,4-11H2,1-3H3. The van der Waals surface area contributed by atoms with Crippen molar-refractivity contribution in [1.82, 2.24) is 10.2 Å². The lowest BCUT2D eigenvalue weighted by atomic mass is 9.93. The molecule has 0 aromatic rings. The van der Waals surface area contributed by atoms with Gasteiger partial charge < -0.3 is 10.2 Å². The Kier molecular flexibility index (Phi) is 4.90. The lowest BCUT2D eigenvalue weighted by Crippen LogP contribution is -2.32. The van der Waals surface area contributed by atoms with E-state index < -0.39 is 0 Å². The van der Waals surface area contributed by atoms with Gasteiger partial charge in [0.1, 0.15) is 0 Å². The molecule has 0 aromatic carbocycles. The first-order valence-corrected chi connectivity index (χ1v) is 6.07. The van der Waals surface area contributed by atoms with Crippen LogP contribution in [-0.4, -0.2) is 37.6 Å². The van der Waals surface area contributed by atoms with Crippen LogP contribution in [-0.2, 0) is 0 Å². The number of likely N-dealkylation sites (tertiary alicyclic amines) is 1. The molecular formula is C12H26N2. The van der Waals surface area contributed by atoms with Crippen molar-refractivity contribution in [3.8, 4) is 0 Å². The van der Waals surface area contributed by atoms with Crippen LogP contribution in [0.5, 0.6) is 0 Å². The molecule has 0 atom stereocenters. The van der Waals surface area contributed by atoms with Gasteiger partial charge in [-0.1, -0.05) is 27.2 Å². The van der Waals surface area contributed by atoms with Crippen molar-refractivity contribution in [3.63, 3.8) is 0 Å². The van der Waals surface area contributed by atoms with E-state index in [1.54, 1.807) is 0 Å². The van der Waals surface area contributed by atoms with Crippen molar-refractivity contribution >= 4 is 0 Å². The zero-order valence-electron chi connectivity index (χ0n) is 10.1. The number of unbranched alkanes of at least 4 members (excludes halogenated alkanes) is 1. The van der Waals surface area contributed by atoms with E-state index in [1.165, 1.54) is 45.4 Å². The molecule has 0 spiro atoms. The van der Waals surface area contributed by atoms with Gasteiger partial charge in [-0.3, -0.25) is 0 Å². The predicted octanol–water partition coefficient (Wildman–Crippen LogP) is 2.11. The van der Waals surface area contributed by atoms with Crippen LogP contribution in [0.3, 0.4) is 0 Å². The van der Waals surface area contributed by atoms with Crippen LogP contribution in [0.1, 0.15) is 40.0 Å². The minimum atomic E-state index is 0.559. The van der Waals surface area contributed by atoms with Crippen LogP contribution in [0.2, 0.25) is 0 Å². The summed E-state index contributed by atoms with van der Waals surface area (Å²) >= 11 is 0. The summed E-state index contributed by atoms with van der Waals surface area (Å²) in [5.41, 5.74) is 0.559. The van der Waals surface area contributed by atoms with Crippen LogP contribution < -0.4 is 5.32 Å². The van der Waals surface area contributed by atoms with Gasteiger partial charge in [-0.15, -0.1) is 0 Å². The highest BCUT2D eigenvalue weighted by atomic mass is 15.2. The van der Waals surface area contributed by atoms with Crippen molar-refractivity contribution in [2.45, 2.75) is 40.0 Å². The molecule has 1 aliphatic rings. The fourth-order valence-electron chi connectivity index (χ4n) is 2.08. The van der Waals surface area contributed by atoms with E-state index in [4.69, 9.17) is 0 Å². The molecular weight excluding hydrogens is 172 g/mol. The fraction of sp³-hybridized carbons (Fsp3) is 1.00. The van der Waals surface area contributed by atoms with Gasteiger partial charge in [-0.25, -0.2) is 0 Å². The first-order chi connectivity index (χ1) is 6.64. The Morgan fingerprint density at radius 3 is 2.64 bits per heavy atom. The summed E-state index contributed by atoms with van der Waals surface area (Å²) in [6, 6.07) is 0. The molecule has 1 rings (SSSR count). The van der Waals surface area contributed by atoms with Crippen LogP contribution in [0.15, 0.2) is 0 Å². The first-order valence-electron chi connectivity index (χ1n) is 6.07. The zero-order valence-corrected chi connectivity index (χ0v) is 10.1. The third kappa shape index (κ3) is 4.43. The second kappa shape index (κ2) is 5.72. The molecule has 0 aliphatic carbocycles. The maximum atomic E-state index is 3.50. The molecule has 2 heteroatoms. The van der Waals surface area contributed by atoms with Gasteiger partial charge in [0.25, 0.3) is 0 Å². The Morgan fingerprint density at radius 2 is 2.07 bits per heavy atom. The van der Waals surface area contributed by atoms with Crippen molar-refractivity contribution in [2.75, 3.05) is 32.7 Å². The number of hydrogen-bond acceptors (Lipinski definition) is 2. The summed E-state index contributed by atoms with van der Waals surface area (Å²) < 4.78 is 0. The van der Waals surface area contributed by atoms with E-state index in [-0.39, 0.29) is 0 Å². The predicted molar refractivity (Wildman–Crippen MR) is 62.6 cm³/mol. The highest BCUT2D eigenvalue weighted by Gasteiger charge is 2.28. The lowest BCUT2D eigenvalue weighted by Gasteiger charge is -2.19. The zero-order chi connectivity index (χ0) is 10.4. The van der Waals surface area contributed by atoms with Gasteiger partial charge in [-0.05, 0) is 31.3 Å². The third-order valence-corrected chi connectivity index (χ3v) is 3.07. The molecule has 1 N–H and O–H groups in total. The van der Waals surface area contributed by atoms with Gasteiger partial charge in [0, 0.05) is 19.6 Å². The summed E-state index contributed by atoms with van der Waals surface area (Å²) in [5.74, 6) is 0. The second-order valence-corrected chi connectivity index (χ2v) is 5.29. The van der Waals surface area contributed by atoms with Gasteiger partial charge in [0.2, 0.25) is 0 Å². The summed E-state index contributed by atoms with van der Waals surface area (Å²) in [6.45, 7) is 13.1. The average molecular weight is 198 g/mol. The molecule has 2 nitrogen and oxygen atoms in total. The Bertz CT molecular complexity index is 154. The number of hydrogen-bond donors (Lipinski definition) is 1. The smallest absolute Gasteiger partial charge is 0.0107 e. The highest BCUT2D eigenvalue weighted by Crippen LogP contribution is 2.28. The largest absolute Gasteiger partial charge is 0.315 e. The van der Waals surface area contributed by atoms with Gasteiger partial charge in [0.15, 0.2) is 0 Å². The highest BCUT2D eigenvalue weighted by molar-refractivity contribution is 4.82. The van der Waals surface area contributed by atoms with E-state index in [0.29, 0.717) is 5.41 Å². The first kappa shape index (κ1) is 12.0. The molecule has 0 bridgehead atoms. The molecule has 1 aliphatic heterocycles. The number of nitrogens with zero attached hydrogens (tertiary/aromatic N) is 1. The van der Waals surface area contributed by atoms with Crippen LogP contribution in [0.25, 0.3) is 0 Å². The van der Waals surface area contributed by atoms with Crippen molar-refractivity contribution in [3.05, 3.63) is 0 Å². The lowest BCUT2D eigenvalue weighted by molar-refractivity contribution is 0.290. The maximum absolute atomic E-state index is 3.50. The normalized spacial score (nSPS) is 21.6. The SMILES string of the molecule is CCCCNCCN1CCC(C)(C)C1. The minimum Gasteiger partial charge on any atom is -0.315 e. The van der Waals surface area contributed by atoms with Gasteiger partial charge in [0.05, 0.1) is 0 Å². The Morgan fingerprint density at radius 1 is 1.29 bits per heavy atom. The summed E-state index contributed by atoms with van der Waals surface area (Å²) in [4.78, 5) is 2.58. The Labute approximate surface area is 89.1 Å². The van der Waals surface area contributed by atoms with Gasteiger partial charge >= 0.3 is 0 Å². The molecule has 14 heavy (non-hydrogen) atoms. The minimum absolute atomic E-state index is 0.559. The van der Waals surface area contributed by atoms with Crippen molar-refractivity contribution < 1.29 is 0 Å². The molecule has 1 fully saturated rings. The van der Waals surface area contributed by atoms with E-state index in [2.05, 4.69) is 31.0 Å². The number of nitrogens with one attached hydrogen (secondary N) is 1. The van der Waals surface area contributed by atoms with Crippen molar-refractivity contribution in [1.29, 1.82) is 0 Å². The van der Waals surface area contributed by atoms with E-state index in [0.717, 1.165) is 6.54 Å². The average Bonchev–Trinajstić information content (AvgIpc) is 2.45. The van der Waals surface area contributed by atoms with Crippen LogP contribution in [0.4, 0.5) is 0 Å². The molecule has 84 valence electrons. The summed E-state index contributed by atoms with van der Waals surface area (Å²) in [6.07, 6.45) is 3.97. The molecule has 1 saturated heterocycles. The topological polar surface area (TPSA) is 15.3 Å². The third-order valence-electron chi connectivity index (χ3n) is 3.07.